The maximum atomic E-state index is 5.79. The number of ether oxygens (including phenoxy) is 1. The summed E-state index contributed by atoms with van der Waals surface area (Å²) in [7, 11) is 0. The van der Waals surface area contributed by atoms with Gasteiger partial charge in [-0.15, -0.1) is 0 Å². The summed E-state index contributed by atoms with van der Waals surface area (Å²) < 4.78 is 5.79. The summed E-state index contributed by atoms with van der Waals surface area (Å²) in [5, 5.41) is 0. The molecule has 2 aromatic carbocycles. The van der Waals surface area contributed by atoms with Gasteiger partial charge in [0.1, 0.15) is 12.4 Å². The molecule has 20 heavy (non-hydrogen) atoms. The molecule has 106 valence electrons. The molecule has 0 heterocycles. The summed E-state index contributed by atoms with van der Waals surface area (Å²) in [6, 6.07) is 16.8. The Labute approximate surface area is 121 Å². The third kappa shape index (κ3) is 3.84. The van der Waals surface area contributed by atoms with Crippen molar-refractivity contribution in [2.24, 2.45) is 5.73 Å². The Bertz CT molecular complexity index is 516. The SMILES string of the molecule is CCc1ccc(OCc2ccc(C(C)CN)cc2)cc1. The van der Waals surface area contributed by atoms with E-state index in [9.17, 15) is 0 Å². The van der Waals surface area contributed by atoms with Crippen molar-refractivity contribution < 1.29 is 4.74 Å². The zero-order valence-electron chi connectivity index (χ0n) is 12.3. The summed E-state index contributed by atoms with van der Waals surface area (Å²) in [6.45, 7) is 5.57. The normalized spacial score (nSPS) is 12.2. The molecule has 2 N–H and O–H groups in total. The quantitative estimate of drug-likeness (QED) is 0.863. The van der Waals surface area contributed by atoms with Gasteiger partial charge in [0.05, 0.1) is 0 Å². The predicted octanol–water partition coefficient (Wildman–Crippen LogP) is 3.89. The molecule has 0 aliphatic heterocycles. The second-order valence-electron chi connectivity index (χ2n) is 5.16. The van der Waals surface area contributed by atoms with Crippen LogP contribution in [0.4, 0.5) is 0 Å². The van der Waals surface area contributed by atoms with Gasteiger partial charge in [-0.2, -0.15) is 0 Å². The van der Waals surface area contributed by atoms with Crippen LogP contribution in [0, 0.1) is 0 Å². The maximum absolute atomic E-state index is 5.79. The van der Waals surface area contributed by atoms with Gasteiger partial charge in [0.15, 0.2) is 0 Å². The molecule has 2 nitrogen and oxygen atoms in total. The third-order valence-electron chi connectivity index (χ3n) is 3.64. The van der Waals surface area contributed by atoms with Crippen molar-refractivity contribution in [1.29, 1.82) is 0 Å². The summed E-state index contributed by atoms with van der Waals surface area (Å²) in [4.78, 5) is 0. The van der Waals surface area contributed by atoms with Gasteiger partial charge >= 0.3 is 0 Å². The molecule has 2 rings (SSSR count). The van der Waals surface area contributed by atoms with Crippen molar-refractivity contribution in [2.45, 2.75) is 32.8 Å². The van der Waals surface area contributed by atoms with Crippen molar-refractivity contribution in [2.75, 3.05) is 6.54 Å². The molecule has 0 aliphatic carbocycles. The zero-order chi connectivity index (χ0) is 14.4. The van der Waals surface area contributed by atoms with E-state index in [4.69, 9.17) is 10.5 Å². The molecule has 0 saturated carbocycles. The molecule has 2 aromatic rings. The van der Waals surface area contributed by atoms with E-state index in [-0.39, 0.29) is 0 Å². The van der Waals surface area contributed by atoms with E-state index < -0.39 is 0 Å². The van der Waals surface area contributed by atoms with Crippen molar-refractivity contribution >= 4 is 0 Å². The van der Waals surface area contributed by atoms with E-state index in [1.807, 2.05) is 12.1 Å². The van der Waals surface area contributed by atoms with Crippen LogP contribution in [0.5, 0.6) is 5.75 Å². The molecule has 0 radical (unpaired) electrons. The van der Waals surface area contributed by atoms with Gasteiger partial charge in [-0.1, -0.05) is 50.2 Å². The van der Waals surface area contributed by atoms with Crippen LogP contribution in [0.25, 0.3) is 0 Å². The highest BCUT2D eigenvalue weighted by Crippen LogP contribution is 2.17. The highest BCUT2D eigenvalue weighted by Gasteiger charge is 2.03. The second-order valence-corrected chi connectivity index (χ2v) is 5.16. The summed E-state index contributed by atoms with van der Waals surface area (Å²) in [6.07, 6.45) is 1.06. The van der Waals surface area contributed by atoms with Crippen LogP contribution < -0.4 is 10.5 Å². The fraction of sp³-hybridized carbons (Fsp3) is 0.333. The van der Waals surface area contributed by atoms with Gasteiger partial charge in [-0.05, 0) is 47.7 Å². The Hall–Kier alpha value is -1.80. The predicted molar refractivity (Wildman–Crippen MR) is 84.1 cm³/mol. The van der Waals surface area contributed by atoms with Crippen molar-refractivity contribution in [3.05, 3.63) is 65.2 Å². The number of hydrogen-bond acceptors (Lipinski definition) is 2. The van der Waals surface area contributed by atoms with E-state index >= 15 is 0 Å². The van der Waals surface area contributed by atoms with Crippen LogP contribution in [0.3, 0.4) is 0 Å². The lowest BCUT2D eigenvalue weighted by Gasteiger charge is -2.10. The van der Waals surface area contributed by atoms with Crippen LogP contribution in [0.1, 0.15) is 36.5 Å². The van der Waals surface area contributed by atoms with Crippen LogP contribution in [-0.2, 0) is 13.0 Å². The van der Waals surface area contributed by atoms with Gasteiger partial charge in [-0.25, -0.2) is 0 Å². The molecule has 0 aromatic heterocycles. The number of aryl methyl sites for hydroxylation is 1. The minimum atomic E-state index is 0.409. The lowest BCUT2D eigenvalue weighted by atomic mass is 10.0. The second kappa shape index (κ2) is 7.11. The molecule has 0 fully saturated rings. The molecule has 0 bridgehead atoms. The van der Waals surface area contributed by atoms with Crippen LogP contribution >= 0.6 is 0 Å². The Balaban J connectivity index is 1.93. The molecule has 0 aliphatic rings. The summed E-state index contributed by atoms with van der Waals surface area (Å²) in [5.74, 6) is 1.33. The first kappa shape index (κ1) is 14.6. The van der Waals surface area contributed by atoms with E-state index in [0.29, 0.717) is 19.1 Å². The number of benzene rings is 2. The van der Waals surface area contributed by atoms with Crippen molar-refractivity contribution in [1.82, 2.24) is 0 Å². The molecule has 0 spiro atoms. The van der Waals surface area contributed by atoms with E-state index in [1.54, 1.807) is 0 Å². The highest BCUT2D eigenvalue weighted by molar-refractivity contribution is 5.28. The average Bonchev–Trinajstić information content (AvgIpc) is 2.53. The number of rotatable bonds is 6. The summed E-state index contributed by atoms with van der Waals surface area (Å²) in [5.41, 5.74) is 9.47. The fourth-order valence-corrected chi connectivity index (χ4v) is 2.07. The Morgan fingerprint density at radius 3 is 2.10 bits per heavy atom. The lowest BCUT2D eigenvalue weighted by molar-refractivity contribution is 0.306. The van der Waals surface area contributed by atoms with Gasteiger partial charge in [0, 0.05) is 0 Å². The molecule has 0 saturated heterocycles. The molecule has 2 heteroatoms. The Kier molecular flexibility index (Phi) is 5.19. The number of hydrogen-bond donors (Lipinski definition) is 1. The average molecular weight is 269 g/mol. The third-order valence-corrected chi connectivity index (χ3v) is 3.64. The largest absolute Gasteiger partial charge is 0.489 e. The Morgan fingerprint density at radius 2 is 1.55 bits per heavy atom. The van der Waals surface area contributed by atoms with Crippen LogP contribution in [0.2, 0.25) is 0 Å². The van der Waals surface area contributed by atoms with Crippen LogP contribution in [-0.4, -0.2) is 6.54 Å². The first-order chi connectivity index (χ1) is 9.72. The molecular formula is C18H23NO. The fourth-order valence-electron chi connectivity index (χ4n) is 2.07. The smallest absolute Gasteiger partial charge is 0.119 e. The molecule has 1 atom stereocenters. The van der Waals surface area contributed by atoms with E-state index in [0.717, 1.165) is 12.2 Å². The Morgan fingerprint density at radius 1 is 0.950 bits per heavy atom. The maximum Gasteiger partial charge on any atom is 0.119 e. The molecule has 1 unspecified atom stereocenters. The van der Waals surface area contributed by atoms with E-state index in [2.05, 4.69) is 50.2 Å². The molecular weight excluding hydrogens is 246 g/mol. The summed E-state index contributed by atoms with van der Waals surface area (Å²) >= 11 is 0. The zero-order valence-corrected chi connectivity index (χ0v) is 12.3. The van der Waals surface area contributed by atoms with E-state index in [1.165, 1.54) is 16.7 Å². The van der Waals surface area contributed by atoms with Gasteiger partial charge in [0.2, 0.25) is 0 Å². The first-order valence-electron chi connectivity index (χ1n) is 7.23. The van der Waals surface area contributed by atoms with Gasteiger partial charge in [-0.3, -0.25) is 0 Å². The number of nitrogens with two attached hydrogens (primary N) is 1. The minimum absolute atomic E-state index is 0.409. The van der Waals surface area contributed by atoms with Crippen molar-refractivity contribution in [3.8, 4) is 5.75 Å². The standard InChI is InChI=1S/C18H23NO/c1-3-15-6-10-18(11-7-15)20-13-16-4-8-17(9-5-16)14(2)12-19/h4-11,14H,3,12-13,19H2,1-2H3. The van der Waals surface area contributed by atoms with Gasteiger partial charge < -0.3 is 10.5 Å². The highest BCUT2D eigenvalue weighted by atomic mass is 16.5. The van der Waals surface area contributed by atoms with Crippen LogP contribution in [0.15, 0.2) is 48.5 Å². The molecule has 0 amide bonds. The topological polar surface area (TPSA) is 35.2 Å². The lowest BCUT2D eigenvalue weighted by Crippen LogP contribution is -2.08. The van der Waals surface area contributed by atoms with Crippen molar-refractivity contribution in [3.63, 3.8) is 0 Å². The first-order valence-corrected chi connectivity index (χ1v) is 7.23. The van der Waals surface area contributed by atoms with Gasteiger partial charge in [0.25, 0.3) is 0 Å². The minimum Gasteiger partial charge on any atom is -0.489 e. The monoisotopic (exact) mass is 269 g/mol.